The quantitative estimate of drug-likeness (QED) is 0.792. The summed E-state index contributed by atoms with van der Waals surface area (Å²) in [7, 11) is 0. The second-order valence-corrected chi connectivity index (χ2v) is 7.65. The van der Waals surface area contributed by atoms with Crippen molar-refractivity contribution in [2.45, 2.75) is 77.4 Å². The highest BCUT2D eigenvalue weighted by atomic mass is 16.3. The number of nitrogens with zero attached hydrogens (tertiary/aromatic N) is 1. The Bertz CT molecular complexity index is 289. The largest absolute Gasteiger partial charge is 0.395 e. The summed E-state index contributed by atoms with van der Waals surface area (Å²) >= 11 is 0. The highest BCUT2D eigenvalue weighted by molar-refractivity contribution is 4.85. The van der Waals surface area contributed by atoms with Crippen LogP contribution in [0.25, 0.3) is 0 Å². The predicted octanol–water partition coefficient (Wildman–Crippen LogP) is 3.05. The zero-order chi connectivity index (χ0) is 15.2. The molecule has 2 rings (SSSR count). The molecule has 0 saturated heterocycles. The summed E-state index contributed by atoms with van der Waals surface area (Å²) < 4.78 is 0. The molecule has 0 spiro atoms. The van der Waals surface area contributed by atoms with Crippen LogP contribution in [0.15, 0.2) is 0 Å². The SMILES string of the molecule is CC(C)C1CCC(O)C(CN(CCO)C2CCCCC2)C1. The van der Waals surface area contributed by atoms with E-state index < -0.39 is 0 Å². The van der Waals surface area contributed by atoms with Crippen molar-refractivity contribution in [3.63, 3.8) is 0 Å². The van der Waals surface area contributed by atoms with Gasteiger partial charge >= 0.3 is 0 Å². The van der Waals surface area contributed by atoms with Gasteiger partial charge in [-0.25, -0.2) is 0 Å². The lowest BCUT2D eigenvalue weighted by Gasteiger charge is -2.41. The summed E-state index contributed by atoms with van der Waals surface area (Å²) in [6.07, 6.45) is 9.74. The molecule has 2 fully saturated rings. The first-order valence-corrected chi connectivity index (χ1v) is 9.14. The average molecular weight is 297 g/mol. The van der Waals surface area contributed by atoms with Crippen LogP contribution < -0.4 is 0 Å². The maximum Gasteiger partial charge on any atom is 0.0580 e. The highest BCUT2D eigenvalue weighted by Gasteiger charge is 2.33. The van der Waals surface area contributed by atoms with Gasteiger partial charge in [0.2, 0.25) is 0 Å². The van der Waals surface area contributed by atoms with E-state index in [1.54, 1.807) is 0 Å². The average Bonchev–Trinajstić information content (AvgIpc) is 2.49. The topological polar surface area (TPSA) is 43.7 Å². The maximum atomic E-state index is 10.4. The van der Waals surface area contributed by atoms with Crippen LogP contribution in [-0.4, -0.2) is 47.0 Å². The van der Waals surface area contributed by atoms with E-state index in [1.807, 2.05) is 0 Å². The molecule has 3 nitrogen and oxygen atoms in total. The van der Waals surface area contributed by atoms with Crippen molar-refractivity contribution in [3.05, 3.63) is 0 Å². The molecule has 2 aliphatic rings. The van der Waals surface area contributed by atoms with Gasteiger partial charge in [-0.1, -0.05) is 33.1 Å². The summed E-state index contributed by atoms with van der Waals surface area (Å²) in [6.45, 7) is 6.63. The number of hydrogen-bond donors (Lipinski definition) is 2. The Kier molecular flexibility index (Phi) is 6.97. The third-order valence-corrected chi connectivity index (χ3v) is 5.87. The van der Waals surface area contributed by atoms with E-state index >= 15 is 0 Å². The van der Waals surface area contributed by atoms with Crippen LogP contribution in [0.1, 0.15) is 65.2 Å². The van der Waals surface area contributed by atoms with Crippen LogP contribution in [0.2, 0.25) is 0 Å². The van der Waals surface area contributed by atoms with Crippen molar-refractivity contribution >= 4 is 0 Å². The number of rotatable bonds is 6. The molecule has 2 N–H and O–H groups in total. The van der Waals surface area contributed by atoms with E-state index in [1.165, 1.54) is 38.5 Å². The molecule has 0 heterocycles. The van der Waals surface area contributed by atoms with Crippen molar-refractivity contribution in [2.75, 3.05) is 19.7 Å². The molecule has 124 valence electrons. The molecule has 2 aliphatic carbocycles. The molecule has 21 heavy (non-hydrogen) atoms. The summed E-state index contributed by atoms with van der Waals surface area (Å²) in [5, 5.41) is 19.8. The third kappa shape index (κ3) is 4.94. The Hall–Kier alpha value is -0.120. The van der Waals surface area contributed by atoms with Gasteiger partial charge in [-0.05, 0) is 49.9 Å². The lowest BCUT2D eigenvalue weighted by atomic mass is 9.74. The van der Waals surface area contributed by atoms with E-state index in [2.05, 4.69) is 18.7 Å². The van der Waals surface area contributed by atoms with Crippen LogP contribution in [0.3, 0.4) is 0 Å². The van der Waals surface area contributed by atoms with Gasteiger partial charge in [-0.15, -0.1) is 0 Å². The standard InChI is InChI=1S/C18H35NO2/c1-14(2)15-8-9-18(21)16(12-15)13-19(10-11-20)17-6-4-3-5-7-17/h14-18,20-21H,3-13H2,1-2H3. The first kappa shape index (κ1) is 17.2. The molecule has 0 aromatic rings. The predicted molar refractivity (Wildman–Crippen MR) is 87.2 cm³/mol. The molecule has 0 bridgehead atoms. The van der Waals surface area contributed by atoms with Gasteiger partial charge in [0, 0.05) is 19.1 Å². The van der Waals surface area contributed by atoms with Crippen LogP contribution in [0.4, 0.5) is 0 Å². The Morgan fingerprint density at radius 1 is 1.05 bits per heavy atom. The molecule has 0 aromatic heterocycles. The molecular formula is C18H35NO2. The van der Waals surface area contributed by atoms with E-state index in [4.69, 9.17) is 0 Å². The first-order chi connectivity index (χ1) is 10.1. The van der Waals surface area contributed by atoms with Crippen LogP contribution in [0, 0.1) is 17.8 Å². The van der Waals surface area contributed by atoms with E-state index in [0.29, 0.717) is 12.0 Å². The number of aliphatic hydroxyl groups is 2. The van der Waals surface area contributed by atoms with Crippen molar-refractivity contribution in [2.24, 2.45) is 17.8 Å². The zero-order valence-corrected chi connectivity index (χ0v) is 14.0. The van der Waals surface area contributed by atoms with Crippen LogP contribution in [0.5, 0.6) is 0 Å². The van der Waals surface area contributed by atoms with Gasteiger partial charge in [0.1, 0.15) is 0 Å². The summed E-state index contributed by atoms with van der Waals surface area (Å²) in [6, 6.07) is 0.637. The summed E-state index contributed by atoms with van der Waals surface area (Å²) in [5.41, 5.74) is 0. The fraction of sp³-hybridized carbons (Fsp3) is 1.00. The second-order valence-electron chi connectivity index (χ2n) is 7.65. The Morgan fingerprint density at radius 3 is 2.38 bits per heavy atom. The molecule has 3 heteroatoms. The van der Waals surface area contributed by atoms with Gasteiger partial charge < -0.3 is 10.2 Å². The van der Waals surface area contributed by atoms with E-state index in [9.17, 15) is 10.2 Å². The highest BCUT2D eigenvalue weighted by Crippen LogP contribution is 2.35. The molecule has 0 aromatic carbocycles. The Balaban J connectivity index is 1.93. The molecule has 2 saturated carbocycles. The van der Waals surface area contributed by atoms with Crippen molar-refractivity contribution < 1.29 is 10.2 Å². The molecule has 0 radical (unpaired) electrons. The van der Waals surface area contributed by atoms with Crippen LogP contribution >= 0.6 is 0 Å². The number of hydrogen-bond acceptors (Lipinski definition) is 3. The molecule has 0 amide bonds. The maximum absolute atomic E-state index is 10.4. The van der Waals surface area contributed by atoms with Gasteiger partial charge in [-0.3, -0.25) is 4.90 Å². The molecule has 3 unspecified atom stereocenters. The lowest BCUT2D eigenvalue weighted by molar-refractivity contribution is 0.00312. The van der Waals surface area contributed by atoms with Crippen LogP contribution in [-0.2, 0) is 0 Å². The minimum absolute atomic E-state index is 0.134. The van der Waals surface area contributed by atoms with Crippen molar-refractivity contribution in [1.29, 1.82) is 0 Å². The lowest BCUT2D eigenvalue weighted by Crippen LogP contribution is -2.45. The summed E-state index contributed by atoms with van der Waals surface area (Å²) in [4.78, 5) is 2.48. The fourth-order valence-electron chi connectivity index (χ4n) is 4.38. The minimum atomic E-state index is -0.134. The van der Waals surface area contributed by atoms with Gasteiger partial charge in [-0.2, -0.15) is 0 Å². The second kappa shape index (κ2) is 8.50. The molecule has 3 atom stereocenters. The normalized spacial score (nSPS) is 32.0. The summed E-state index contributed by atoms with van der Waals surface area (Å²) in [5.74, 6) is 1.89. The van der Waals surface area contributed by atoms with Gasteiger partial charge in [0.05, 0.1) is 12.7 Å². The fourth-order valence-corrected chi connectivity index (χ4v) is 4.38. The van der Waals surface area contributed by atoms with Gasteiger partial charge in [0.25, 0.3) is 0 Å². The third-order valence-electron chi connectivity index (χ3n) is 5.87. The van der Waals surface area contributed by atoms with Crippen molar-refractivity contribution in [3.8, 4) is 0 Å². The van der Waals surface area contributed by atoms with Gasteiger partial charge in [0.15, 0.2) is 0 Å². The monoisotopic (exact) mass is 297 g/mol. The molecular weight excluding hydrogens is 262 g/mol. The minimum Gasteiger partial charge on any atom is -0.395 e. The molecule has 0 aliphatic heterocycles. The van der Waals surface area contributed by atoms with Crippen molar-refractivity contribution in [1.82, 2.24) is 4.90 Å². The Labute approximate surface area is 130 Å². The smallest absolute Gasteiger partial charge is 0.0580 e. The van der Waals surface area contributed by atoms with E-state index in [-0.39, 0.29) is 12.7 Å². The zero-order valence-electron chi connectivity index (χ0n) is 14.0. The number of aliphatic hydroxyl groups excluding tert-OH is 2. The first-order valence-electron chi connectivity index (χ1n) is 9.14. The van der Waals surface area contributed by atoms with E-state index in [0.717, 1.165) is 37.8 Å². The Morgan fingerprint density at radius 2 is 1.76 bits per heavy atom.